The van der Waals surface area contributed by atoms with Gasteiger partial charge in [-0.2, -0.15) is 0 Å². The minimum Gasteiger partial charge on any atom is -0.479 e. The van der Waals surface area contributed by atoms with Crippen LogP contribution in [0.15, 0.2) is 29.4 Å². The molecule has 0 aliphatic heterocycles. The number of hydrogen-bond donors (Lipinski definition) is 1. The second-order valence-electron chi connectivity index (χ2n) is 3.00. The van der Waals surface area contributed by atoms with Crippen molar-refractivity contribution in [3.05, 3.63) is 35.4 Å². The van der Waals surface area contributed by atoms with Crippen molar-refractivity contribution in [2.24, 2.45) is 5.16 Å². The lowest BCUT2D eigenvalue weighted by atomic mass is 10.1. The molecular weight excluding hydrogens is 194 g/mol. The maximum atomic E-state index is 10.1. The van der Waals surface area contributed by atoms with Gasteiger partial charge in [0.1, 0.15) is 0 Å². The molecule has 15 heavy (non-hydrogen) atoms. The van der Waals surface area contributed by atoms with Gasteiger partial charge in [-0.05, 0) is 17.5 Å². The highest BCUT2D eigenvalue weighted by molar-refractivity contribution is 5.79. The van der Waals surface area contributed by atoms with E-state index in [1.165, 1.54) is 11.8 Å². The molecule has 0 saturated carbocycles. The van der Waals surface area contributed by atoms with Crippen LogP contribution in [0.5, 0.6) is 0 Å². The van der Waals surface area contributed by atoms with Crippen molar-refractivity contribution in [1.82, 2.24) is 0 Å². The predicted octanol–water partition coefficient (Wildman–Crippen LogP) is 1.68. The van der Waals surface area contributed by atoms with Crippen LogP contribution in [0.2, 0.25) is 0 Å². The second kappa shape index (κ2) is 5.80. The van der Waals surface area contributed by atoms with E-state index >= 15 is 0 Å². The number of aryl methyl sites for hydroxylation is 1. The molecule has 1 N–H and O–H groups in total. The van der Waals surface area contributed by atoms with Crippen molar-refractivity contribution in [2.75, 3.05) is 6.61 Å². The maximum Gasteiger partial charge on any atom is 0.344 e. The number of oxime groups is 1. The van der Waals surface area contributed by atoms with Gasteiger partial charge >= 0.3 is 5.97 Å². The summed E-state index contributed by atoms with van der Waals surface area (Å²) in [5.41, 5.74) is 2.14. The van der Waals surface area contributed by atoms with Crippen LogP contribution in [0.4, 0.5) is 0 Å². The number of nitrogens with zero attached hydrogens (tertiary/aromatic N) is 1. The number of hydrogen-bond acceptors (Lipinski definition) is 3. The summed E-state index contributed by atoms with van der Waals surface area (Å²) in [6.07, 6.45) is 2.48. The van der Waals surface area contributed by atoms with Crippen LogP contribution in [0, 0.1) is 0 Å². The van der Waals surface area contributed by atoms with E-state index in [2.05, 4.69) is 16.9 Å². The summed E-state index contributed by atoms with van der Waals surface area (Å²) >= 11 is 0. The molecule has 80 valence electrons. The number of aliphatic carboxylic acids is 1. The van der Waals surface area contributed by atoms with Crippen molar-refractivity contribution in [3.8, 4) is 0 Å². The van der Waals surface area contributed by atoms with E-state index in [4.69, 9.17) is 5.11 Å². The van der Waals surface area contributed by atoms with Gasteiger partial charge in [-0.25, -0.2) is 4.79 Å². The van der Waals surface area contributed by atoms with Gasteiger partial charge in [0.25, 0.3) is 0 Å². The second-order valence-corrected chi connectivity index (χ2v) is 3.00. The lowest BCUT2D eigenvalue weighted by molar-refractivity contribution is -0.142. The zero-order valence-electron chi connectivity index (χ0n) is 8.51. The van der Waals surface area contributed by atoms with Gasteiger partial charge in [0, 0.05) is 0 Å². The summed E-state index contributed by atoms with van der Waals surface area (Å²) in [7, 11) is 0. The van der Waals surface area contributed by atoms with Gasteiger partial charge in [0.15, 0.2) is 0 Å². The molecule has 0 aliphatic carbocycles. The van der Waals surface area contributed by atoms with Crippen LogP contribution in [0.1, 0.15) is 18.1 Å². The van der Waals surface area contributed by atoms with E-state index < -0.39 is 12.6 Å². The summed E-state index contributed by atoms with van der Waals surface area (Å²) in [6, 6.07) is 7.82. The lowest BCUT2D eigenvalue weighted by Crippen LogP contribution is -2.03. The summed E-state index contributed by atoms with van der Waals surface area (Å²) in [4.78, 5) is 14.6. The number of carboxylic acids is 1. The van der Waals surface area contributed by atoms with Gasteiger partial charge in [0.2, 0.25) is 6.61 Å². The first-order valence-corrected chi connectivity index (χ1v) is 4.68. The summed E-state index contributed by atoms with van der Waals surface area (Å²) in [6.45, 7) is 1.67. The summed E-state index contributed by atoms with van der Waals surface area (Å²) in [5, 5.41) is 11.8. The molecule has 0 amide bonds. The molecule has 0 aliphatic rings. The maximum absolute atomic E-state index is 10.1. The van der Waals surface area contributed by atoms with E-state index in [-0.39, 0.29) is 0 Å². The van der Waals surface area contributed by atoms with E-state index in [1.807, 2.05) is 24.3 Å². The lowest BCUT2D eigenvalue weighted by Gasteiger charge is -1.96. The first-order chi connectivity index (χ1) is 7.22. The molecule has 0 atom stereocenters. The average Bonchev–Trinajstić information content (AvgIpc) is 2.25. The topological polar surface area (TPSA) is 58.9 Å². The Bertz CT molecular complexity index is 343. The van der Waals surface area contributed by atoms with E-state index in [9.17, 15) is 4.79 Å². The zero-order chi connectivity index (χ0) is 11.1. The normalized spacial score (nSPS) is 10.5. The fraction of sp³-hybridized carbons (Fsp3) is 0.273. The summed E-state index contributed by atoms with van der Waals surface area (Å²) < 4.78 is 0. The minimum atomic E-state index is -1.03. The van der Waals surface area contributed by atoms with Crippen molar-refractivity contribution in [3.63, 3.8) is 0 Å². The van der Waals surface area contributed by atoms with Gasteiger partial charge in [-0.3, -0.25) is 0 Å². The van der Waals surface area contributed by atoms with Crippen LogP contribution in [0.25, 0.3) is 0 Å². The third-order valence-electron chi connectivity index (χ3n) is 1.85. The third-order valence-corrected chi connectivity index (χ3v) is 1.85. The van der Waals surface area contributed by atoms with Crippen molar-refractivity contribution < 1.29 is 14.7 Å². The van der Waals surface area contributed by atoms with Crippen LogP contribution in [-0.2, 0) is 16.1 Å². The fourth-order valence-electron chi connectivity index (χ4n) is 1.03. The molecule has 0 radical (unpaired) electrons. The number of carboxylic acid groups (broad SMARTS) is 1. The Morgan fingerprint density at radius 2 is 2.13 bits per heavy atom. The quantitative estimate of drug-likeness (QED) is 0.590. The SMILES string of the molecule is CCc1ccc(C=NOCC(=O)O)cc1. The molecule has 0 bridgehead atoms. The molecule has 1 aromatic rings. The molecule has 4 heteroatoms. The molecule has 1 rings (SSSR count). The van der Waals surface area contributed by atoms with Gasteiger partial charge < -0.3 is 9.94 Å². The minimum absolute atomic E-state index is 0.413. The zero-order valence-corrected chi connectivity index (χ0v) is 8.51. The number of benzene rings is 1. The first kappa shape index (κ1) is 11.2. The largest absolute Gasteiger partial charge is 0.479 e. The Kier molecular flexibility index (Phi) is 4.34. The third kappa shape index (κ3) is 4.26. The molecule has 0 aromatic heterocycles. The van der Waals surface area contributed by atoms with Crippen LogP contribution in [0.3, 0.4) is 0 Å². The van der Waals surface area contributed by atoms with Crippen LogP contribution >= 0.6 is 0 Å². The highest BCUT2D eigenvalue weighted by Gasteiger charge is 1.93. The predicted molar refractivity (Wildman–Crippen MR) is 57.0 cm³/mol. The first-order valence-electron chi connectivity index (χ1n) is 4.68. The standard InChI is InChI=1S/C11H13NO3/c1-2-9-3-5-10(6-4-9)7-12-15-8-11(13)14/h3-7H,2,8H2,1H3,(H,13,14). The van der Waals surface area contributed by atoms with Crippen LogP contribution < -0.4 is 0 Å². The summed E-state index contributed by atoms with van der Waals surface area (Å²) in [5.74, 6) is -1.03. The molecule has 0 saturated heterocycles. The Hall–Kier alpha value is -1.84. The van der Waals surface area contributed by atoms with E-state index in [0.29, 0.717) is 0 Å². The Labute approximate surface area is 88.2 Å². The molecule has 0 fully saturated rings. The molecule has 0 spiro atoms. The van der Waals surface area contributed by atoms with Crippen molar-refractivity contribution in [2.45, 2.75) is 13.3 Å². The van der Waals surface area contributed by atoms with Crippen molar-refractivity contribution in [1.29, 1.82) is 0 Å². The van der Waals surface area contributed by atoms with Crippen molar-refractivity contribution >= 4 is 12.2 Å². The van der Waals surface area contributed by atoms with E-state index in [0.717, 1.165) is 12.0 Å². The van der Waals surface area contributed by atoms with Gasteiger partial charge in [0.05, 0.1) is 6.21 Å². The fourth-order valence-corrected chi connectivity index (χ4v) is 1.03. The molecule has 1 aromatic carbocycles. The number of rotatable bonds is 5. The van der Waals surface area contributed by atoms with E-state index in [1.54, 1.807) is 0 Å². The molecule has 0 heterocycles. The average molecular weight is 207 g/mol. The van der Waals surface area contributed by atoms with Crippen LogP contribution in [-0.4, -0.2) is 23.9 Å². The Balaban J connectivity index is 2.46. The smallest absolute Gasteiger partial charge is 0.344 e. The number of carbonyl (C=O) groups is 1. The van der Waals surface area contributed by atoms with Gasteiger partial charge in [-0.1, -0.05) is 36.3 Å². The molecule has 0 unspecified atom stereocenters. The Morgan fingerprint density at radius 1 is 1.47 bits per heavy atom. The monoisotopic (exact) mass is 207 g/mol. The highest BCUT2D eigenvalue weighted by atomic mass is 16.6. The molecular formula is C11H13NO3. The molecule has 4 nitrogen and oxygen atoms in total. The van der Waals surface area contributed by atoms with Gasteiger partial charge in [-0.15, -0.1) is 0 Å². The Morgan fingerprint density at radius 3 is 2.67 bits per heavy atom. The highest BCUT2D eigenvalue weighted by Crippen LogP contribution is 2.02.